The zero-order valence-electron chi connectivity index (χ0n) is 18.5. The highest BCUT2D eigenvalue weighted by molar-refractivity contribution is 8.16. The fourth-order valence-corrected chi connectivity index (χ4v) is 5.95. The summed E-state index contributed by atoms with van der Waals surface area (Å²) in [6.45, 7) is 3.50. The largest absolute Gasteiger partial charge is 0.465 e. The molecule has 0 spiro atoms. The molecule has 9 nitrogen and oxygen atoms in total. The molecule has 0 N–H and O–H groups in total. The number of amidine groups is 1. The molecule has 1 aliphatic rings. The van der Waals surface area contributed by atoms with Crippen molar-refractivity contribution in [1.29, 1.82) is 0 Å². The number of anilines is 1. The summed E-state index contributed by atoms with van der Waals surface area (Å²) >= 11 is 0.979. The van der Waals surface area contributed by atoms with Gasteiger partial charge in [-0.25, -0.2) is 19.7 Å². The second-order valence-corrected chi connectivity index (χ2v) is 10.0. The minimum atomic E-state index is -4.40. The van der Waals surface area contributed by atoms with Crippen molar-refractivity contribution in [3.8, 4) is 0 Å². The van der Waals surface area contributed by atoms with Gasteiger partial charge in [-0.05, 0) is 37.6 Å². The molecule has 2 heterocycles. The zero-order chi connectivity index (χ0) is 24.5. The predicted octanol–water partition coefficient (Wildman–Crippen LogP) is 3.45. The van der Waals surface area contributed by atoms with Crippen LogP contribution in [0.3, 0.4) is 0 Å². The third-order valence-electron chi connectivity index (χ3n) is 4.90. The van der Waals surface area contributed by atoms with Crippen molar-refractivity contribution >= 4 is 44.8 Å². The van der Waals surface area contributed by atoms with E-state index >= 15 is 0 Å². The first-order valence-corrected chi connectivity index (χ1v) is 12.4. The zero-order valence-corrected chi connectivity index (χ0v) is 20.1. The van der Waals surface area contributed by atoms with E-state index in [0.29, 0.717) is 17.0 Å². The molecule has 34 heavy (non-hydrogen) atoms. The second-order valence-electron chi connectivity index (χ2n) is 7.37. The van der Waals surface area contributed by atoms with Crippen LogP contribution in [-0.2, 0) is 19.6 Å². The summed E-state index contributed by atoms with van der Waals surface area (Å²) in [5.74, 6) is -1.20. The van der Waals surface area contributed by atoms with E-state index in [4.69, 9.17) is 4.74 Å². The van der Waals surface area contributed by atoms with Crippen molar-refractivity contribution in [1.82, 2.24) is 9.97 Å². The minimum absolute atomic E-state index is 0.0311. The summed E-state index contributed by atoms with van der Waals surface area (Å²) in [6.07, 6.45) is 0. The van der Waals surface area contributed by atoms with Crippen molar-refractivity contribution < 1.29 is 22.7 Å². The highest BCUT2D eigenvalue weighted by Gasteiger charge is 2.43. The lowest BCUT2D eigenvalue weighted by molar-refractivity contribution is -0.117. The summed E-state index contributed by atoms with van der Waals surface area (Å²) in [4.78, 5) is 35.1. The van der Waals surface area contributed by atoms with Crippen LogP contribution < -0.4 is 4.90 Å². The number of benzene rings is 2. The second kappa shape index (κ2) is 9.35. The van der Waals surface area contributed by atoms with Crippen molar-refractivity contribution in [2.24, 2.45) is 4.40 Å². The molecule has 1 aliphatic heterocycles. The Kier molecular flexibility index (Phi) is 6.49. The van der Waals surface area contributed by atoms with Gasteiger partial charge in [0.15, 0.2) is 5.17 Å². The number of aromatic nitrogens is 2. The van der Waals surface area contributed by atoms with E-state index in [1.165, 1.54) is 24.3 Å². The van der Waals surface area contributed by atoms with Gasteiger partial charge < -0.3 is 4.74 Å². The predicted molar refractivity (Wildman–Crippen MR) is 128 cm³/mol. The lowest BCUT2D eigenvalue weighted by Crippen LogP contribution is -2.32. The van der Waals surface area contributed by atoms with E-state index in [2.05, 4.69) is 14.4 Å². The Morgan fingerprint density at radius 3 is 2.29 bits per heavy atom. The molecule has 3 aromatic rings. The molecule has 0 radical (unpaired) electrons. The van der Waals surface area contributed by atoms with Gasteiger partial charge in [0.25, 0.3) is 15.9 Å². The Hall–Kier alpha value is -3.57. The molecular formula is C23H20N4O5S2. The van der Waals surface area contributed by atoms with E-state index in [1.807, 2.05) is 6.07 Å². The molecule has 1 fully saturated rings. The number of carbonyl (C=O) groups excluding carboxylic acids is 2. The molecule has 11 heteroatoms. The first kappa shape index (κ1) is 23.6. The number of esters is 1. The normalized spacial score (nSPS) is 17.3. The standard InChI is InChI=1S/C23H20N4O5S2/c1-14-13-15(2)25-22(24-14)27-20(28)19(16-9-5-4-6-10-16)33-23(27)26-34(30,31)18-12-8-7-11-17(18)21(29)32-3/h4-13,19H,1-3H3. The number of amides is 1. The third kappa shape index (κ3) is 4.57. The summed E-state index contributed by atoms with van der Waals surface area (Å²) in [5, 5.41) is -0.848. The summed E-state index contributed by atoms with van der Waals surface area (Å²) in [7, 11) is -3.24. The summed E-state index contributed by atoms with van der Waals surface area (Å²) < 4.78 is 35.3. The fraction of sp³-hybridized carbons (Fsp3) is 0.174. The number of methoxy groups -OCH3 is 1. The molecule has 4 rings (SSSR count). The van der Waals surface area contributed by atoms with Crippen molar-refractivity contribution in [3.05, 3.63) is 83.2 Å². The van der Waals surface area contributed by atoms with Gasteiger partial charge in [0.1, 0.15) is 10.1 Å². The number of nitrogens with zero attached hydrogens (tertiary/aromatic N) is 4. The van der Waals surface area contributed by atoms with E-state index in [9.17, 15) is 18.0 Å². The maximum atomic E-state index is 13.5. The molecular weight excluding hydrogens is 476 g/mol. The van der Waals surface area contributed by atoms with Crippen LogP contribution >= 0.6 is 11.8 Å². The molecule has 1 amide bonds. The Bertz CT molecular complexity index is 1390. The van der Waals surface area contributed by atoms with Crippen LogP contribution in [0.15, 0.2) is 70.0 Å². The molecule has 174 valence electrons. The van der Waals surface area contributed by atoms with Gasteiger partial charge in [0.2, 0.25) is 5.95 Å². The molecule has 2 aromatic carbocycles. The minimum Gasteiger partial charge on any atom is -0.465 e. The van der Waals surface area contributed by atoms with Crippen molar-refractivity contribution in [2.45, 2.75) is 24.0 Å². The Labute approximate surface area is 201 Å². The average Bonchev–Trinajstić information content (AvgIpc) is 3.13. The van der Waals surface area contributed by atoms with Crippen molar-refractivity contribution in [3.63, 3.8) is 0 Å². The van der Waals surface area contributed by atoms with Crippen LogP contribution in [0, 0.1) is 13.8 Å². The fourth-order valence-electron chi connectivity index (χ4n) is 3.43. The van der Waals surface area contributed by atoms with Gasteiger partial charge in [-0.3, -0.25) is 4.79 Å². The quantitative estimate of drug-likeness (QED) is 0.493. The van der Waals surface area contributed by atoms with Crippen LogP contribution in [0.4, 0.5) is 5.95 Å². The summed E-state index contributed by atoms with van der Waals surface area (Å²) in [5.41, 5.74) is 1.75. The molecule has 1 saturated heterocycles. The molecule has 1 aromatic heterocycles. The first-order chi connectivity index (χ1) is 16.2. The van der Waals surface area contributed by atoms with Crippen LogP contribution in [-0.4, -0.2) is 42.5 Å². The van der Waals surface area contributed by atoms with E-state index in [1.54, 1.807) is 44.2 Å². The van der Waals surface area contributed by atoms with Crippen LogP contribution in [0.1, 0.15) is 32.6 Å². The number of sulfonamides is 1. The summed E-state index contributed by atoms with van der Waals surface area (Å²) in [6, 6.07) is 16.3. The lowest BCUT2D eigenvalue weighted by atomic mass is 10.1. The lowest BCUT2D eigenvalue weighted by Gasteiger charge is -2.15. The van der Waals surface area contributed by atoms with Gasteiger partial charge >= 0.3 is 5.97 Å². The van der Waals surface area contributed by atoms with Gasteiger partial charge in [-0.2, -0.15) is 8.42 Å². The Morgan fingerprint density at radius 2 is 1.65 bits per heavy atom. The van der Waals surface area contributed by atoms with E-state index in [0.717, 1.165) is 23.8 Å². The smallest absolute Gasteiger partial charge is 0.339 e. The van der Waals surface area contributed by atoms with Gasteiger partial charge in [0, 0.05) is 11.4 Å². The maximum absolute atomic E-state index is 13.5. The van der Waals surface area contributed by atoms with Gasteiger partial charge in [0.05, 0.1) is 12.7 Å². The molecule has 0 saturated carbocycles. The molecule has 1 atom stereocenters. The highest BCUT2D eigenvalue weighted by atomic mass is 32.2. The number of hydrogen-bond acceptors (Lipinski definition) is 8. The Balaban J connectivity index is 1.87. The number of aryl methyl sites for hydroxylation is 2. The number of hydrogen-bond donors (Lipinski definition) is 0. The number of ether oxygens (including phenoxy) is 1. The van der Waals surface area contributed by atoms with Crippen LogP contribution in [0.2, 0.25) is 0 Å². The highest BCUT2D eigenvalue weighted by Crippen LogP contribution is 2.41. The van der Waals surface area contributed by atoms with Gasteiger partial charge in [-0.15, -0.1) is 4.40 Å². The topological polar surface area (TPSA) is 119 Å². The van der Waals surface area contributed by atoms with Crippen molar-refractivity contribution in [2.75, 3.05) is 12.0 Å². The molecule has 0 aliphatic carbocycles. The maximum Gasteiger partial charge on any atom is 0.339 e. The van der Waals surface area contributed by atoms with E-state index in [-0.39, 0.29) is 21.6 Å². The monoisotopic (exact) mass is 496 g/mol. The Morgan fingerprint density at radius 1 is 1.03 bits per heavy atom. The number of rotatable bonds is 5. The SMILES string of the molecule is COC(=O)c1ccccc1S(=O)(=O)N=C1SC(c2ccccc2)C(=O)N1c1nc(C)cc(C)n1. The molecule has 1 unspecified atom stereocenters. The third-order valence-corrected chi connectivity index (χ3v) is 7.54. The molecule has 0 bridgehead atoms. The average molecular weight is 497 g/mol. The van der Waals surface area contributed by atoms with Gasteiger partial charge in [-0.1, -0.05) is 54.2 Å². The van der Waals surface area contributed by atoms with Crippen LogP contribution in [0.25, 0.3) is 0 Å². The van der Waals surface area contributed by atoms with Crippen LogP contribution in [0.5, 0.6) is 0 Å². The number of carbonyl (C=O) groups is 2. The number of thioether (sulfide) groups is 1. The first-order valence-electron chi connectivity index (χ1n) is 10.1. The van der Waals surface area contributed by atoms with E-state index < -0.39 is 27.1 Å².